The van der Waals surface area contributed by atoms with E-state index in [1.807, 2.05) is 12.1 Å². The summed E-state index contributed by atoms with van der Waals surface area (Å²) in [5, 5.41) is 3.17. The SMILES string of the molecule is COc1cc(CNc2ccc(F)cc2C(N)=S)ccn1. The lowest BCUT2D eigenvalue weighted by Crippen LogP contribution is -2.13. The summed E-state index contributed by atoms with van der Waals surface area (Å²) in [6.45, 7) is 0.528. The molecule has 0 unspecified atom stereocenters. The van der Waals surface area contributed by atoms with Gasteiger partial charge >= 0.3 is 0 Å². The fraction of sp³-hybridized carbons (Fsp3) is 0.143. The number of aromatic nitrogens is 1. The average molecular weight is 291 g/mol. The van der Waals surface area contributed by atoms with Gasteiger partial charge in [0.1, 0.15) is 10.8 Å². The van der Waals surface area contributed by atoms with Crippen molar-refractivity contribution in [1.82, 2.24) is 4.98 Å². The summed E-state index contributed by atoms with van der Waals surface area (Å²) in [4.78, 5) is 4.18. The molecule has 0 saturated carbocycles. The van der Waals surface area contributed by atoms with Gasteiger partial charge in [0.05, 0.1) is 7.11 Å². The van der Waals surface area contributed by atoms with Crippen LogP contribution in [0.2, 0.25) is 0 Å². The molecular weight excluding hydrogens is 277 g/mol. The summed E-state index contributed by atoms with van der Waals surface area (Å²) >= 11 is 4.92. The zero-order chi connectivity index (χ0) is 14.5. The molecule has 20 heavy (non-hydrogen) atoms. The van der Waals surface area contributed by atoms with E-state index in [4.69, 9.17) is 22.7 Å². The maximum Gasteiger partial charge on any atom is 0.213 e. The van der Waals surface area contributed by atoms with E-state index >= 15 is 0 Å². The Hall–Kier alpha value is -2.21. The number of hydrogen-bond donors (Lipinski definition) is 2. The molecule has 0 radical (unpaired) electrons. The maximum atomic E-state index is 13.2. The highest BCUT2D eigenvalue weighted by atomic mass is 32.1. The Morgan fingerprint density at radius 1 is 1.40 bits per heavy atom. The van der Waals surface area contributed by atoms with Crippen LogP contribution in [0.15, 0.2) is 36.5 Å². The number of rotatable bonds is 5. The topological polar surface area (TPSA) is 60.2 Å². The first kappa shape index (κ1) is 14.2. The van der Waals surface area contributed by atoms with Gasteiger partial charge in [-0.1, -0.05) is 12.2 Å². The van der Waals surface area contributed by atoms with Crippen LogP contribution < -0.4 is 15.8 Å². The predicted octanol–water partition coefficient (Wildman–Crippen LogP) is 2.48. The van der Waals surface area contributed by atoms with E-state index in [-0.39, 0.29) is 10.8 Å². The number of nitrogens with zero attached hydrogens (tertiary/aromatic N) is 1. The Kier molecular flexibility index (Phi) is 4.47. The average Bonchev–Trinajstić information content (AvgIpc) is 2.46. The molecule has 3 N–H and O–H groups in total. The number of thiocarbonyl (C=S) groups is 1. The Balaban J connectivity index is 2.16. The molecule has 6 heteroatoms. The smallest absolute Gasteiger partial charge is 0.213 e. The van der Waals surface area contributed by atoms with Crippen LogP contribution in [0.4, 0.5) is 10.1 Å². The third kappa shape index (κ3) is 3.42. The minimum atomic E-state index is -0.371. The van der Waals surface area contributed by atoms with Crippen molar-refractivity contribution in [2.24, 2.45) is 5.73 Å². The molecule has 0 aliphatic rings. The molecule has 0 fully saturated rings. The molecule has 0 saturated heterocycles. The van der Waals surface area contributed by atoms with E-state index in [9.17, 15) is 4.39 Å². The largest absolute Gasteiger partial charge is 0.481 e. The third-order valence-electron chi connectivity index (χ3n) is 2.74. The predicted molar refractivity (Wildman–Crippen MR) is 80.4 cm³/mol. The summed E-state index contributed by atoms with van der Waals surface area (Å²) in [7, 11) is 1.56. The van der Waals surface area contributed by atoms with Crippen LogP contribution in [0.5, 0.6) is 5.88 Å². The molecule has 1 heterocycles. The van der Waals surface area contributed by atoms with Crippen LogP contribution in [-0.2, 0) is 6.54 Å². The zero-order valence-corrected chi connectivity index (χ0v) is 11.7. The van der Waals surface area contributed by atoms with Gasteiger partial charge in [-0.15, -0.1) is 0 Å². The highest BCUT2D eigenvalue weighted by Gasteiger charge is 2.07. The number of nitrogens with two attached hydrogens (primary N) is 1. The molecule has 0 aliphatic carbocycles. The summed E-state index contributed by atoms with van der Waals surface area (Å²) < 4.78 is 18.3. The van der Waals surface area contributed by atoms with Gasteiger partial charge in [-0.3, -0.25) is 0 Å². The van der Waals surface area contributed by atoms with Crippen LogP contribution in [0.25, 0.3) is 0 Å². The molecule has 0 bridgehead atoms. The van der Waals surface area contributed by atoms with E-state index in [1.54, 1.807) is 19.4 Å². The quantitative estimate of drug-likeness (QED) is 0.829. The Morgan fingerprint density at radius 2 is 2.20 bits per heavy atom. The number of hydrogen-bond acceptors (Lipinski definition) is 4. The molecule has 2 rings (SSSR count). The third-order valence-corrected chi connectivity index (χ3v) is 2.96. The van der Waals surface area contributed by atoms with E-state index in [0.717, 1.165) is 5.56 Å². The lowest BCUT2D eigenvalue weighted by atomic mass is 10.1. The van der Waals surface area contributed by atoms with Gasteiger partial charge in [0.25, 0.3) is 0 Å². The van der Waals surface area contributed by atoms with Crippen LogP contribution in [0.3, 0.4) is 0 Å². The molecule has 104 valence electrons. The fourth-order valence-corrected chi connectivity index (χ4v) is 1.91. The van der Waals surface area contributed by atoms with Gasteiger partial charge < -0.3 is 15.8 Å². The van der Waals surface area contributed by atoms with Gasteiger partial charge in [-0.2, -0.15) is 0 Å². The second-order valence-corrected chi connectivity index (χ2v) is 4.55. The summed E-state index contributed by atoms with van der Waals surface area (Å²) in [6.07, 6.45) is 1.66. The number of methoxy groups -OCH3 is 1. The summed E-state index contributed by atoms with van der Waals surface area (Å²) in [5.41, 5.74) is 7.75. The van der Waals surface area contributed by atoms with Gasteiger partial charge in [0, 0.05) is 30.1 Å². The van der Waals surface area contributed by atoms with Gasteiger partial charge in [0.15, 0.2) is 0 Å². The first-order valence-electron chi connectivity index (χ1n) is 5.92. The number of pyridine rings is 1. The number of nitrogens with one attached hydrogen (secondary N) is 1. The normalized spacial score (nSPS) is 10.1. The van der Waals surface area contributed by atoms with Crippen LogP contribution in [0.1, 0.15) is 11.1 Å². The van der Waals surface area contributed by atoms with Crippen molar-refractivity contribution in [1.29, 1.82) is 0 Å². The van der Waals surface area contributed by atoms with Gasteiger partial charge in [0.2, 0.25) is 5.88 Å². The van der Waals surface area contributed by atoms with Crippen LogP contribution >= 0.6 is 12.2 Å². The Bertz CT molecular complexity index is 634. The van der Waals surface area contributed by atoms with Gasteiger partial charge in [-0.05, 0) is 29.8 Å². The number of benzene rings is 1. The molecule has 0 aliphatic heterocycles. The molecular formula is C14H14FN3OS. The first-order chi connectivity index (χ1) is 9.60. The monoisotopic (exact) mass is 291 g/mol. The maximum absolute atomic E-state index is 13.2. The first-order valence-corrected chi connectivity index (χ1v) is 6.33. The number of ether oxygens (including phenoxy) is 1. The number of anilines is 1. The van der Waals surface area contributed by atoms with E-state index < -0.39 is 0 Å². The number of halogens is 1. The molecule has 2 aromatic rings. The van der Waals surface area contributed by atoms with Crippen LogP contribution in [0, 0.1) is 5.82 Å². The van der Waals surface area contributed by atoms with Crippen molar-refractivity contribution in [3.05, 3.63) is 53.5 Å². The van der Waals surface area contributed by atoms with Crippen molar-refractivity contribution < 1.29 is 9.13 Å². The van der Waals surface area contributed by atoms with Crippen molar-refractivity contribution in [3.8, 4) is 5.88 Å². The standard InChI is InChI=1S/C14H14FN3OS/c1-19-13-6-9(4-5-17-13)8-18-12-3-2-10(15)7-11(12)14(16)20/h2-7,18H,8H2,1H3,(H2,16,20). The summed E-state index contributed by atoms with van der Waals surface area (Å²) in [6, 6.07) is 7.97. The fourth-order valence-electron chi connectivity index (χ4n) is 1.74. The Labute approximate surface area is 121 Å². The van der Waals surface area contributed by atoms with Crippen molar-refractivity contribution in [3.63, 3.8) is 0 Å². The highest BCUT2D eigenvalue weighted by molar-refractivity contribution is 7.80. The van der Waals surface area contributed by atoms with E-state index in [0.29, 0.717) is 23.7 Å². The highest BCUT2D eigenvalue weighted by Crippen LogP contribution is 2.18. The van der Waals surface area contributed by atoms with E-state index in [1.165, 1.54) is 12.1 Å². The van der Waals surface area contributed by atoms with Crippen LogP contribution in [-0.4, -0.2) is 17.1 Å². The second kappa shape index (κ2) is 6.29. The van der Waals surface area contributed by atoms with Crippen molar-refractivity contribution in [2.45, 2.75) is 6.54 Å². The lowest BCUT2D eigenvalue weighted by Gasteiger charge is -2.11. The molecule has 1 aromatic carbocycles. The molecule has 1 aromatic heterocycles. The lowest BCUT2D eigenvalue weighted by molar-refractivity contribution is 0.397. The minimum Gasteiger partial charge on any atom is -0.481 e. The molecule has 0 amide bonds. The summed E-state index contributed by atoms with van der Waals surface area (Å²) in [5.74, 6) is 0.168. The van der Waals surface area contributed by atoms with Crippen molar-refractivity contribution in [2.75, 3.05) is 12.4 Å². The minimum absolute atomic E-state index is 0.152. The molecule has 0 atom stereocenters. The van der Waals surface area contributed by atoms with Gasteiger partial charge in [-0.25, -0.2) is 9.37 Å². The van der Waals surface area contributed by atoms with Crippen molar-refractivity contribution >= 4 is 22.9 Å². The second-order valence-electron chi connectivity index (χ2n) is 4.11. The van der Waals surface area contributed by atoms with E-state index in [2.05, 4.69) is 10.3 Å². The molecule has 0 spiro atoms. The Morgan fingerprint density at radius 3 is 2.90 bits per heavy atom. The zero-order valence-electron chi connectivity index (χ0n) is 10.9. The molecule has 4 nitrogen and oxygen atoms in total.